The molecule has 1 aliphatic carbocycles. The number of hydrogen-bond donors (Lipinski definition) is 2. The average Bonchev–Trinajstić information content (AvgIpc) is 2.98. The van der Waals surface area contributed by atoms with Gasteiger partial charge in [0.2, 0.25) is 0 Å². The van der Waals surface area contributed by atoms with Crippen molar-refractivity contribution >= 4 is 23.5 Å². The summed E-state index contributed by atoms with van der Waals surface area (Å²) in [5.41, 5.74) is 0. The van der Waals surface area contributed by atoms with Crippen LogP contribution in [0.3, 0.4) is 0 Å². The van der Waals surface area contributed by atoms with Crippen LogP contribution >= 0.6 is 0 Å². The van der Waals surface area contributed by atoms with Crippen molar-refractivity contribution in [1.82, 2.24) is 0 Å². The summed E-state index contributed by atoms with van der Waals surface area (Å²) >= 11 is 0. The van der Waals surface area contributed by atoms with Gasteiger partial charge in [-0.25, -0.2) is 0 Å². The number of carboxylic acid groups (broad SMARTS) is 2. The van der Waals surface area contributed by atoms with Crippen LogP contribution in [0.5, 0.6) is 0 Å². The Morgan fingerprint density at radius 1 is 1.06 bits per heavy atom. The summed E-state index contributed by atoms with van der Waals surface area (Å²) < 4.78 is 0. The van der Waals surface area contributed by atoms with E-state index in [1.807, 2.05) is 0 Å². The minimum atomic E-state index is -1.32. The minimum Gasteiger partial charge on any atom is -0.481 e. The normalized spacial score (nSPS) is 16.2. The molecule has 1 aliphatic rings. The van der Waals surface area contributed by atoms with E-state index < -0.39 is 30.1 Å². The summed E-state index contributed by atoms with van der Waals surface area (Å²) in [6, 6.07) is 0. The molecule has 94 valence electrons. The predicted molar refractivity (Wildman–Crippen MR) is 55.4 cm³/mol. The lowest BCUT2D eigenvalue weighted by molar-refractivity contribution is -0.149. The number of carboxylic acids is 2. The van der Waals surface area contributed by atoms with E-state index >= 15 is 0 Å². The maximum absolute atomic E-state index is 11.4. The molecule has 0 heterocycles. The Morgan fingerprint density at radius 2 is 1.65 bits per heavy atom. The average molecular weight is 242 g/mol. The quantitative estimate of drug-likeness (QED) is 0.599. The molecule has 2 N–H and O–H groups in total. The second-order valence-corrected chi connectivity index (χ2v) is 4.29. The Balaban J connectivity index is 2.42. The Hall–Kier alpha value is -1.72. The van der Waals surface area contributed by atoms with Crippen LogP contribution < -0.4 is 0 Å². The molecule has 1 unspecified atom stereocenters. The summed E-state index contributed by atoms with van der Waals surface area (Å²) in [7, 11) is 0. The molecule has 0 aromatic heterocycles. The summed E-state index contributed by atoms with van der Waals surface area (Å²) in [5, 5.41) is 17.2. The summed E-state index contributed by atoms with van der Waals surface area (Å²) in [6.07, 6.45) is 0.333. The molecule has 1 rings (SSSR count). The molecule has 0 aromatic rings. The van der Waals surface area contributed by atoms with Gasteiger partial charge in [0, 0.05) is 12.3 Å². The minimum absolute atomic E-state index is 0.0401. The third-order valence-corrected chi connectivity index (χ3v) is 2.65. The summed E-state index contributed by atoms with van der Waals surface area (Å²) in [6.45, 7) is 0. The molecule has 0 bridgehead atoms. The number of hydrogen-bond acceptors (Lipinski definition) is 4. The number of carbonyl (C=O) groups is 4. The largest absolute Gasteiger partial charge is 0.481 e. The first-order valence-corrected chi connectivity index (χ1v) is 5.39. The molecule has 0 spiro atoms. The third-order valence-electron chi connectivity index (χ3n) is 2.65. The van der Waals surface area contributed by atoms with E-state index in [2.05, 4.69) is 0 Å². The van der Waals surface area contributed by atoms with Crippen LogP contribution in [0, 0.1) is 11.8 Å². The maximum Gasteiger partial charge on any atom is 0.307 e. The highest BCUT2D eigenvalue weighted by Crippen LogP contribution is 2.31. The van der Waals surface area contributed by atoms with Gasteiger partial charge < -0.3 is 10.2 Å². The highest BCUT2D eigenvalue weighted by Gasteiger charge is 2.32. The van der Waals surface area contributed by atoms with Gasteiger partial charge in [-0.15, -0.1) is 0 Å². The first-order chi connectivity index (χ1) is 7.90. The number of rotatable bonds is 8. The third kappa shape index (κ3) is 4.76. The molecule has 1 saturated carbocycles. The van der Waals surface area contributed by atoms with Gasteiger partial charge in [-0.2, -0.15) is 0 Å². The van der Waals surface area contributed by atoms with Crippen molar-refractivity contribution in [3.05, 3.63) is 0 Å². The number of ketones is 2. The van der Waals surface area contributed by atoms with Gasteiger partial charge in [-0.05, 0) is 12.8 Å². The van der Waals surface area contributed by atoms with Crippen molar-refractivity contribution in [3.63, 3.8) is 0 Å². The summed E-state index contributed by atoms with van der Waals surface area (Å²) in [4.78, 5) is 43.8. The zero-order valence-electron chi connectivity index (χ0n) is 9.22. The van der Waals surface area contributed by atoms with Crippen molar-refractivity contribution in [2.24, 2.45) is 11.8 Å². The molecule has 0 aliphatic heterocycles. The number of carbonyl (C=O) groups excluding carboxylic acids is 2. The van der Waals surface area contributed by atoms with E-state index in [1.54, 1.807) is 0 Å². The molecule has 17 heavy (non-hydrogen) atoms. The van der Waals surface area contributed by atoms with Gasteiger partial charge in [0.15, 0.2) is 0 Å². The van der Waals surface area contributed by atoms with Crippen LogP contribution in [0.2, 0.25) is 0 Å². The standard InChI is InChI=1S/C11H14O6/c12-8(5-9(13)6-1-2-6)3-7(11(16)17)4-10(14)15/h6-7H,1-5H2,(H,14,15)(H,16,17). The predicted octanol–water partition coefficient (Wildman–Crippen LogP) is 0.490. The second-order valence-electron chi connectivity index (χ2n) is 4.29. The Bertz CT molecular complexity index is 355. The topological polar surface area (TPSA) is 109 Å². The Labute approximate surface area is 97.6 Å². The van der Waals surface area contributed by atoms with E-state index in [4.69, 9.17) is 10.2 Å². The highest BCUT2D eigenvalue weighted by atomic mass is 16.4. The molecule has 0 saturated heterocycles. The highest BCUT2D eigenvalue weighted by molar-refractivity contribution is 6.02. The number of Topliss-reactive ketones (excluding diaryl/α,β-unsaturated/α-hetero) is 2. The van der Waals surface area contributed by atoms with Crippen LogP contribution in [-0.2, 0) is 19.2 Å². The SMILES string of the molecule is O=C(O)CC(CC(=O)CC(=O)C1CC1)C(=O)O. The van der Waals surface area contributed by atoms with E-state index in [0.29, 0.717) is 0 Å². The van der Waals surface area contributed by atoms with Crippen LogP contribution in [0.1, 0.15) is 32.1 Å². The van der Waals surface area contributed by atoms with Crippen molar-refractivity contribution in [1.29, 1.82) is 0 Å². The van der Waals surface area contributed by atoms with Gasteiger partial charge >= 0.3 is 11.9 Å². The van der Waals surface area contributed by atoms with Crippen molar-refractivity contribution in [2.45, 2.75) is 32.1 Å². The summed E-state index contributed by atoms with van der Waals surface area (Å²) in [5.74, 6) is -4.52. The maximum atomic E-state index is 11.4. The lowest BCUT2D eigenvalue weighted by Crippen LogP contribution is -2.22. The van der Waals surface area contributed by atoms with E-state index in [9.17, 15) is 19.2 Å². The van der Waals surface area contributed by atoms with Crippen LogP contribution in [0.4, 0.5) is 0 Å². The first kappa shape index (κ1) is 13.3. The lowest BCUT2D eigenvalue weighted by Gasteiger charge is -2.08. The van der Waals surface area contributed by atoms with E-state index in [0.717, 1.165) is 12.8 Å². The van der Waals surface area contributed by atoms with Gasteiger partial charge in [0.05, 0.1) is 18.8 Å². The van der Waals surface area contributed by atoms with Crippen molar-refractivity contribution in [2.75, 3.05) is 0 Å². The molecule has 1 atom stereocenters. The van der Waals surface area contributed by atoms with Gasteiger partial charge in [-0.3, -0.25) is 19.2 Å². The Kier molecular flexibility index (Phi) is 4.37. The monoisotopic (exact) mass is 242 g/mol. The Morgan fingerprint density at radius 3 is 2.06 bits per heavy atom. The molecular weight excluding hydrogens is 228 g/mol. The van der Waals surface area contributed by atoms with Crippen molar-refractivity contribution in [3.8, 4) is 0 Å². The molecular formula is C11H14O6. The molecule has 1 fully saturated rings. The fourth-order valence-corrected chi connectivity index (χ4v) is 1.55. The zero-order valence-corrected chi connectivity index (χ0v) is 9.22. The molecule has 6 heteroatoms. The first-order valence-electron chi connectivity index (χ1n) is 5.39. The zero-order chi connectivity index (χ0) is 13.0. The molecule has 6 nitrogen and oxygen atoms in total. The van der Waals surface area contributed by atoms with Crippen LogP contribution in [0.25, 0.3) is 0 Å². The van der Waals surface area contributed by atoms with Gasteiger partial charge in [0.1, 0.15) is 11.6 Å². The fraction of sp³-hybridized carbons (Fsp3) is 0.636. The molecule has 0 amide bonds. The second kappa shape index (κ2) is 5.56. The molecule has 0 radical (unpaired) electrons. The van der Waals surface area contributed by atoms with E-state index in [1.165, 1.54) is 0 Å². The fourth-order valence-electron chi connectivity index (χ4n) is 1.55. The molecule has 0 aromatic carbocycles. The van der Waals surface area contributed by atoms with Crippen molar-refractivity contribution < 1.29 is 29.4 Å². The van der Waals surface area contributed by atoms with Crippen LogP contribution in [-0.4, -0.2) is 33.7 Å². The smallest absolute Gasteiger partial charge is 0.307 e. The van der Waals surface area contributed by atoms with Gasteiger partial charge in [0.25, 0.3) is 0 Å². The lowest BCUT2D eigenvalue weighted by atomic mass is 9.96. The van der Waals surface area contributed by atoms with Gasteiger partial charge in [-0.1, -0.05) is 0 Å². The number of aliphatic carboxylic acids is 2. The van der Waals surface area contributed by atoms with Crippen LogP contribution in [0.15, 0.2) is 0 Å². The van der Waals surface area contributed by atoms with E-state index in [-0.39, 0.29) is 24.5 Å².